The van der Waals surface area contributed by atoms with Gasteiger partial charge in [0.25, 0.3) is 5.91 Å². The van der Waals surface area contributed by atoms with Crippen LogP contribution in [-0.2, 0) is 4.79 Å². The number of hydrogen-bond donors (Lipinski definition) is 1. The number of ether oxygens (including phenoxy) is 1. The maximum atomic E-state index is 11.9. The first-order chi connectivity index (χ1) is 13.2. The van der Waals surface area contributed by atoms with Crippen molar-refractivity contribution in [3.8, 4) is 22.9 Å². The Morgan fingerprint density at radius 2 is 1.56 bits per heavy atom. The Bertz CT molecular complexity index is 795. The van der Waals surface area contributed by atoms with Gasteiger partial charge in [-0.15, -0.1) is 0 Å². The molecule has 0 unspecified atom stereocenters. The Balaban J connectivity index is 1.88. The average Bonchev–Trinajstić information content (AvgIpc) is 2.71. The molecule has 2 aromatic rings. The van der Waals surface area contributed by atoms with E-state index >= 15 is 0 Å². The van der Waals surface area contributed by atoms with Gasteiger partial charge in [0.05, 0.1) is 11.6 Å². The van der Waals surface area contributed by atoms with E-state index < -0.39 is 0 Å². The highest BCUT2D eigenvalue weighted by molar-refractivity contribution is 5.86. The van der Waals surface area contributed by atoms with Crippen LogP contribution in [0.1, 0.15) is 45.1 Å². The van der Waals surface area contributed by atoms with E-state index in [0.29, 0.717) is 11.3 Å². The van der Waals surface area contributed by atoms with Crippen LogP contribution in [0, 0.1) is 11.3 Å². The van der Waals surface area contributed by atoms with Crippen LogP contribution in [0.25, 0.3) is 11.1 Å². The minimum Gasteiger partial charge on any atom is -0.484 e. The molecule has 2 aromatic carbocycles. The van der Waals surface area contributed by atoms with Crippen LogP contribution in [0.4, 0.5) is 0 Å². The van der Waals surface area contributed by atoms with Gasteiger partial charge in [-0.1, -0.05) is 51.0 Å². The fourth-order valence-electron chi connectivity index (χ4n) is 2.62. The number of nitrogens with one attached hydrogen (secondary N) is 1. The normalized spacial score (nSPS) is 9.96. The van der Waals surface area contributed by atoms with Crippen LogP contribution < -0.4 is 10.2 Å². The predicted molar refractivity (Wildman–Crippen MR) is 107 cm³/mol. The Morgan fingerprint density at radius 3 is 2.07 bits per heavy atom. The van der Waals surface area contributed by atoms with Crippen molar-refractivity contribution in [1.82, 2.24) is 5.43 Å². The van der Waals surface area contributed by atoms with Gasteiger partial charge in [-0.05, 0) is 48.2 Å². The molecule has 140 valence electrons. The summed E-state index contributed by atoms with van der Waals surface area (Å²) >= 11 is 0. The van der Waals surface area contributed by atoms with Crippen molar-refractivity contribution in [3.63, 3.8) is 0 Å². The number of benzene rings is 2. The molecule has 0 radical (unpaired) electrons. The summed E-state index contributed by atoms with van der Waals surface area (Å²) in [6.07, 6.45) is 3.81. The summed E-state index contributed by atoms with van der Waals surface area (Å²) in [5, 5.41) is 13.1. The number of carbonyl (C=O) groups excluding carboxylic acids is 1. The Hall–Kier alpha value is -3.13. The number of amides is 1. The van der Waals surface area contributed by atoms with Crippen molar-refractivity contribution in [2.75, 3.05) is 6.61 Å². The van der Waals surface area contributed by atoms with Gasteiger partial charge in [-0.2, -0.15) is 10.4 Å². The average molecular weight is 363 g/mol. The van der Waals surface area contributed by atoms with Gasteiger partial charge in [0.2, 0.25) is 0 Å². The van der Waals surface area contributed by atoms with Crippen LogP contribution >= 0.6 is 0 Å². The van der Waals surface area contributed by atoms with Gasteiger partial charge in [0.1, 0.15) is 5.75 Å². The maximum Gasteiger partial charge on any atom is 0.277 e. The largest absolute Gasteiger partial charge is 0.484 e. The number of nitrogens with zero attached hydrogens (tertiary/aromatic N) is 2. The molecule has 0 aromatic heterocycles. The molecule has 2 rings (SSSR count). The summed E-state index contributed by atoms with van der Waals surface area (Å²) in [6.45, 7) is 4.11. The summed E-state index contributed by atoms with van der Waals surface area (Å²) in [5.41, 5.74) is 6.25. The lowest BCUT2D eigenvalue weighted by molar-refractivity contribution is -0.123. The number of nitriles is 1. The summed E-state index contributed by atoms with van der Waals surface area (Å²) in [7, 11) is 0. The molecule has 0 saturated carbocycles. The molecule has 0 spiro atoms. The first-order valence-electron chi connectivity index (χ1n) is 9.24. The molecule has 1 N–H and O–H groups in total. The Labute approximate surface area is 160 Å². The fourth-order valence-corrected chi connectivity index (χ4v) is 2.62. The van der Waals surface area contributed by atoms with Crippen molar-refractivity contribution in [3.05, 3.63) is 54.1 Å². The summed E-state index contributed by atoms with van der Waals surface area (Å²) in [5.74, 6) is 0.352. The van der Waals surface area contributed by atoms with E-state index in [1.165, 1.54) is 0 Å². The van der Waals surface area contributed by atoms with Gasteiger partial charge < -0.3 is 4.74 Å². The molecule has 0 bridgehead atoms. The van der Waals surface area contributed by atoms with E-state index in [-0.39, 0.29) is 12.5 Å². The van der Waals surface area contributed by atoms with E-state index in [9.17, 15) is 4.79 Å². The molecule has 0 saturated heterocycles. The fraction of sp³-hybridized carbons (Fsp3) is 0.318. The molecule has 27 heavy (non-hydrogen) atoms. The van der Waals surface area contributed by atoms with Gasteiger partial charge in [0, 0.05) is 5.71 Å². The zero-order valence-electron chi connectivity index (χ0n) is 15.9. The van der Waals surface area contributed by atoms with Gasteiger partial charge >= 0.3 is 0 Å². The third kappa shape index (κ3) is 6.59. The first-order valence-corrected chi connectivity index (χ1v) is 9.24. The smallest absolute Gasteiger partial charge is 0.277 e. The summed E-state index contributed by atoms with van der Waals surface area (Å²) in [6, 6.07) is 17.0. The second-order valence-electron chi connectivity index (χ2n) is 6.22. The Morgan fingerprint density at radius 1 is 1.00 bits per heavy atom. The van der Waals surface area contributed by atoms with Gasteiger partial charge in [0.15, 0.2) is 6.61 Å². The highest BCUT2D eigenvalue weighted by Crippen LogP contribution is 2.22. The molecule has 1 amide bonds. The third-order valence-electron chi connectivity index (χ3n) is 3.99. The lowest BCUT2D eigenvalue weighted by Crippen LogP contribution is -2.25. The first kappa shape index (κ1) is 20.2. The monoisotopic (exact) mass is 363 g/mol. The van der Waals surface area contributed by atoms with E-state index in [1.54, 1.807) is 12.1 Å². The van der Waals surface area contributed by atoms with Crippen LogP contribution in [-0.4, -0.2) is 18.2 Å². The zero-order valence-corrected chi connectivity index (χ0v) is 15.9. The van der Waals surface area contributed by atoms with Gasteiger partial charge in [-0.3, -0.25) is 4.79 Å². The van der Waals surface area contributed by atoms with Crippen LogP contribution in [0.15, 0.2) is 53.6 Å². The molecule has 5 nitrogen and oxygen atoms in total. The van der Waals surface area contributed by atoms with Gasteiger partial charge in [-0.25, -0.2) is 5.43 Å². The SMILES string of the molecule is CCCC(CCC)=NNC(=O)COc1ccc(-c2ccc(C#N)cc2)cc1. The topological polar surface area (TPSA) is 74.5 Å². The minimum absolute atomic E-state index is 0.0781. The van der Waals surface area contributed by atoms with Crippen LogP contribution in [0.2, 0.25) is 0 Å². The lowest BCUT2D eigenvalue weighted by atomic mass is 10.0. The highest BCUT2D eigenvalue weighted by atomic mass is 16.5. The van der Waals surface area contributed by atoms with Crippen molar-refractivity contribution in [2.24, 2.45) is 5.10 Å². The standard InChI is InChI=1S/C22H25N3O2/c1-3-5-20(6-4-2)24-25-22(26)16-27-21-13-11-19(12-14-21)18-9-7-17(15-23)8-10-18/h7-14H,3-6,16H2,1-2H3,(H,25,26). The number of carbonyl (C=O) groups is 1. The molecule has 0 heterocycles. The quantitative estimate of drug-likeness (QED) is 0.519. The maximum absolute atomic E-state index is 11.9. The molecule has 0 aliphatic rings. The molecule has 5 heteroatoms. The van der Waals surface area contributed by atoms with Crippen LogP contribution in [0.5, 0.6) is 5.75 Å². The molecule has 0 aliphatic heterocycles. The minimum atomic E-state index is -0.268. The number of rotatable bonds is 9. The molecule has 0 fully saturated rings. The van der Waals surface area contributed by atoms with E-state index in [1.807, 2.05) is 36.4 Å². The highest BCUT2D eigenvalue weighted by Gasteiger charge is 2.04. The second kappa shape index (κ2) is 10.8. The Kier molecular flexibility index (Phi) is 8.05. The molecular formula is C22H25N3O2. The predicted octanol–water partition coefficient (Wildman–Crippen LogP) is 4.68. The van der Waals surface area contributed by atoms with Crippen molar-refractivity contribution < 1.29 is 9.53 Å². The second-order valence-corrected chi connectivity index (χ2v) is 6.22. The molecular weight excluding hydrogens is 338 g/mol. The lowest BCUT2D eigenvalue weighted by Gasteiger charge is -2.08. The summed E-state index contributed by atoms with van der Waals surface area (Å²) in [4.78, 5) is 11.9. The zero-order chi connectivity index (χ0) is 19.5. The summed E-state index contributed by atoms with van der Waals surface area (Å²) < 4.78 is 5.52. The van der Waals surface area contributed by atoms with E-state index in [0.717, 1.165) is 42.5 Å². The number of hydrazone groups is 1. The van der Waals surface area contributed by atoms with Crippen molar-refractivity contribution >= 4 is 11.6 Å². The van der Waals surface area contributed by atoms with E-state index in [2.05, 4.69) is 30.4 Å². The molecule has 0 aliphatic carbocycles. The van der Waals surface area contributed by atoms with E-state index in [4.69, 9.17) is 10.00 Å². The van der Waals surface area contributed by atoms with Crippen molar-refractivity contribution in [1.29, 1.82) is 5.26 Å². The van der Waals surface area contributed by atoms with Crippen LogP contribution in [0.3, 0.4) is 0 Å². The third-order valence-corrected chi connectivity index (χ3v) is 3.99. The number of hydrogen-bond acceptors (Lipinski definition) is 4. The molecule has 0 atom stereocenters. The van der Waals surface area contributed by atoms with Crippen molar-refractivity contribution in [2.45, 2.75) is 39.5 Å².